The Bertz CT molecular complexity index is 730. The average Bonchev–Trinajstić information content (AvgIpc) is 2.60. The average molecular weight is 405 g/mol. The van der Waals surface area contributed by atoms with Crippen molar-refractivity contribution in [2.45, 2.75) is 19.8 Å². The Morgan fingerprint density at radius 3 is 2.36 bits per heavy atom. The second kappa shape index (κ2) is 9.22. The third-order valence-corrected chi connectivity index (χ3v) is 4.20. The molecule has 2 amide bonds. The van der Waals surface area contributed by atoms with Gasteiger partial charge in [-0.15, -0.1) is 0 Å². The molecular weight excluding hydrogens is 384 g/mol. The lowest BCUT2D eigenvalue weighted by Gasteiger charge is -2.10. The molecule has 132 valence electrons. The topological polar surface area (TPSA) is 67.4 Å². The molecule has 0 fully saturated rings. The van der Waals surface area contributed by atoms with Gasteiger partial charge in [-0.1, -0.05) is 38.1 Å². The molecule has 5 nitrogen and oxygen atoms in total. The molecule has 0 saturated carbocycles. The summed E-state index contributed by atoms with van der Waals surface area (Å²) in [4.78, 5) is 23.6. The number of halogens is 1. The fourth-order valence-corrected chi connectivity index (χ4v) is 2.47. The molecule has 2 N–H and O–H groups in total. The maximum Gasteiger partial charge on any atom is 0.258 e. The number of rotatable bonds is 7. The van der Waals surface area contributed by atoms with Crippen LogP contribution in [0.1, 0.15) is 25.3 Å². The van der Waals surface area contributed by atoms with Crippen LogP contribution in [0.2, 0.25) is 0 Å². The first kappa shape index (κ1) is 19.0. The van der Waals surface area contributed by atoms with Crippen molar-refractivity contribution in [1.29, 1.82) is 0 Å². The van der Waals surface area contributed by atoms with Crippen LogP contribution in [-0.4, -0.2) is 25.0 Å². The van der Waals surface area contributed by atoms with E-state index in [2.05, 4.69) is 40.4 Å². The number of hydrogen-bond acceptors (Lipinski definition) is 3. The Morgan fingerprint density at radius 2 is 1.72 bits per heavy atom. The largest absolute Gasteiger partial charge is 0.484 e. The van der Waals surface area contributed by atoms with Gasteiger partial charge >= 0.3 is 0 Å². The minimum Gasteiger partial charge on any atom is -0.484 e. The van der Waals surface area contributed by atoms with Crippen LogP contribution in [0.15, 0.2) is 53.0 Å². The summed E-state index contributed by atoms with van der Waals surface area (Å²) in [5.41, 5.74) is 1.86. The molecule has 0 saturated heterocycles. The molecule has 0 bridgehead atoms. The van der Waals surface area contributed by atoms with Gasteiger partial charge < -0.3 is 15.4 Å². The third kappa shape index (κ3) is 6.23. The van der Waals surface area contributed by atoms with Crippen molar-refractivity contribution in [2.24, 2.45) is 0 Å². The van der Waals surface area contributed by atoms with Gasteiger partial charge in [0, 0.05) is 4.47 Å². The molecule has 2 aromatic rings. The zero-order valence-corrected chi connectivity index (χ0v) is 15.8. The number of benzene rings is 2. The van der Waals surface area contributed by atoms with Gasteiger partial charge in [0.25, 0.3) is 5.91 Å². The van der Waals surface area contributed by atoms with E-state index in [0.717, 1.165) is 4.47 Å². The summed E-state index contributed by atoms with van der Waals surface area (Å²) in [6.45, 7) is 3.98. The molecule has 0 unspecified atom stereocenters. The zero-order chi connectivity index (χ0) is 18.2. The molecule has 0 atom stereocenters. The van der Waals surface area contributed by atoms with Crippen molar-refractivity contribution in [1.82, 2.24) is 5.32 Å². The summed E-state index contributed by atoms with van der Waals surface area (Å²) in [5.74, 6) is 0.412. The molecule has 2 rings (SSSR count). The normalized spacial score (nSPS) is 10.4. The molecule has 0 heterocycles. The van der Waals surface area contributed by atoms with Gasteiger partial charge in [-0.05, 0) is 51.7 Å². The van der Waals surface area contributed by atoms with E-state index in [0.29, 0.717) is 17.4 Å². The highest BCUT2D eigenvalue weighted by molar-refractivity contribution is 9.10. The van der Waals surface area contributed by atoms with Crippen LogP contribution in [0.3, 0.4) is 0 Å². The van der Waals surface area contributed by atoms with Gasteiger partial charge in [0.2, 0.25) is 5.91 Å². The summed E-state index contributed by atoms with van der Waals surface area (Å²) >= 11 is 3.35. The first-order chi connectivity index (χ1) is 12.0. The molecule has 0 aliphatic carbocycles. The summed E-state index contributed by atoms with van der Waals surface area (Å²) in [5, 5.41) is 5.25. The van der Waals surface area contributed by atoms with Crippen molar-refractivity contribution in [3.05, 3.63) is 58.6 Å². The third-order valence-electron chi connectivity index (χ3n) is 3.51. The molecule has 0 aliphatic heterocycles. The Labute approximate surface area is 155 Å². The minimum atomic E-state index is -0.352. The number of hydrogen-bond donors (Lipinski definition) is 2. The predicted molar refractivity (Wildman–Crippen MR) is 102 cm³/mol. The second-order valence-electron chi connectivity index (χ2n) is 5.82. The Kier molecular flexibility index (Phi) is 7.01. The summed E-state index contributed by atoms with van der Waals surface area (Å²) in [6, 6.07) is 14.9. The maximum absolute atomic E-state index is 11.9. The van der Waals surface area contributed by atoms with E-state index in [1.807, 2.05) is 42.5 Å². The summed E-state index contributed by atoms with van der Waals surface area (Å²) in [6.07, 6.45) is 0. The molecule has 0 aliphatic rings. The molecule has 0 spiro atoms. The lowest BCUT2D eigenvalue weighted by Crippen LogP contribution is -2.35. The van der Waals surface area contributed by atoms with E-state index in [1.54, 1.807) is 6.07 Å². The minimum absolute atomic E-state index is 0.115. The van der Waals surface area contributed by atoms with Crippen LogP contribution in [0.4, 0.5) is 5.69 Å². The number of para-hydroxylation sites is 1. The van der Waals surface area contributed by atoms with Crippen LogP contribution in [0, 0.1) is 0 Å². The fourth-order valence-electron chi connectivity index (χ4n) is 2.08. The van der Waals surface area contributed by atoms with Gasteiger partial charge in [-0.2, -0.15) is 0 Å². The van der Waals surface area contributed by atoms with Crippen LogP contribution < -0.4 is 15.4 Å². The number of nitrogens with one attached hydrogen (secondary N) is 2. The van der Waals surface area contributed by atoms with Gasteiger partial charge in [0.15, 0.2) is 6.61 Å². The molecule has 2 aromatic carbocycles. The number of carbonyl (C=O) groups excluding carboxylic acids is 2. The van der Waals surface area contributed by atoms with Gasteiger partial charge in [-0.25, -0.2) is 0 Å². The SMILES string of the molecule is CC(C)c1ccc(OCC(=O)NCC(=O)Nc2ccccc2Br)cc1. The molecular formula is C19H21BrN2O3. The van der Waals surface area contributed by atoms with E-state index in [-0.39, 0.29) is 25.0 Å². The van der Waals surface area contributed by atoms with E-state index in [9.17, 15) is 9.59 Å². The first-order valence-corrected chi connectivity index (χ1v) is 8.79. The quantitative estimate of drug-likeness (QED) is 0.738. The number of ether oxygens (including phenoxy) is 1. The highest BCUT2D eigenvalue weighted by atomic mass is 79.9. The second-order valence-corrected chi connectivity index (χ2v) is 6.67. The molecule has 6 heteroatoms. The fraction of sp³-hybridized carbons (Fsp3) is 0.263. The maximum atomic E-state index is 11.9. The number of amides is 2. The standard InChI is InChI=1S/C19H21BrN2O3/c1-13(2)14-7-9-15(10-8-14)25-12-19(24)21-11-18(23)22-17-6-4-3-5-16(17)20/h3-10,13H,11-12H2,1-2H3,(H,21,24)(H,22,23). The Morgan fingerprint density at radius 1 is 1.04 bits per heavy atom. The Balaban J connectivity index is 1.73. The smallest absolute Gasteiger partial charge is 0.258 e. The van der Waals surface area contributed by atoms with Crippen LogP contribution >= 0.6 is 15.9 Å². The molecule has 25 heavy (non-hydrogen) atoms. The van der Waals surface area contributed by atoms with Gasteiger partial charge in [-0.3, -0.25) is 9.59 Å². The van der Waals surface area contributed by atoms with Crippen LogP contribution in [-0.2, 0) is 9.59 Å². The van der Waals surface area contributed by atoms with Crippen molar-refractivity contribution in [2.75, 3.05) is 18.5 Å². The van der Waals surface area contributed by atoms with Crippen LogP contribution in [0.25, 0.3) is 0 Å². The predicted octanol–water partition coefficient (Wildman–Crippen LogP) is 3.71. The van der Waals surface area contributed by atoms with E-state index >= 15 is 0 Å². The van der Waals surface area contributed by atoms with Crippen molar-refractivity contribution < 1.29 is 14.3 Å². The van der Waals surface area contributed by atoms with Gasteiger partial charge in [0.1, 0.15) is 5.75 Å². The van der Waals surface area contributed by atoms with Crippen molar-refractivity contribution in [3.63, 3.8) is 0 Å². The van der Waals surface area contributed by atoms with Crippen molar-refractivity contribution >= 4 is 33.4 Å². The van der Waals surface area contributed by atoms with Crippen LogP contribution in [0.5, 0.6) is 5.75 Å². The van der Waals surface area contributed by atoms with Crippen molar-refractivity contribution in [3.8, 4) is 5.75 Å². The van der Waals surface area contributed by atoms with E-state index < -0.39 is 0 Å². The lowest BCUT2D eigenvalue weighted by molar-refractivity contribution is -0.125. The highest BCUT2D eigenvalue weighted by Gasteiger charge is 2.08. The zero-order valence-electron chi connectivity index (χ0n) is 14.2. The summed E-state index contributed by atoms with van der Waals surface area (Å²) in [7, 11) is 0. The van der Waals surface area contributed by atoms with E-state index in [4.69, 9.17) is 4.74 Å². The van der Waals surface area contributed by atoms with E-state index in [1.165, 1.54) is 5.56 Å². The first-order valence-electron chi connectivity index (χ1n) is 7.99. The van der Waals surface area contributed by atoms with Gasteiger partial charge in [0.05, 0.1) is 12.2 Å². The number of carbonyl (C=O) groups is 2. The summed E-state index contributed by atoms with van der Waals surface area (Å²) < 4.78 is 6.20. The molecule has 0 aromatic heterocycles. The monoisotopic (exact) mass is 404 g/mol. The number of anilines is 1. The highest BCUT2D eigenvalue weighted by Crippen LogP contribution is 2.21. The Hall–Kier alpha value is -2.34. The lowest BCUT2D eigenvalue weighted by atomic mass is 10.0. The molecule has 0 radical (unpaired) electrons.